The third-order valence-corrected chi connectivity index (χ3v) is 8.72. The van der Waals surface area contributed by atoms with E-state index in [0.717, 1.165) is 11.1 Å². The van der Waals surface area contributed by atoms with E-state index in [1.165, 1.54) is 24.3 Å². The summed E-state index contributed by atoms with van der Waals surface area (Å²) in [6, 6.07) is 12.2. The van der Waals surface area contributed by atoms with Crippen LogP contribution in [-0.4, -0.2) is 30.3 Å². The van der Waals surface area contributed by atoms with Crippen LogP contribution in [0.2, 0.25) is 0 Å². The molecule has 4 aromatic carbocycles. The fourth-order valence-corrected chi connectivity index (χ4v) is 5.98. The second-order valence-corrected chi connectivity index (χ2v) is 14.2. The van der Waals surface area contributed by atoms with Gasteiger partial charge in [-0.15, -0.1) is 0 Å². The molecule has 0 heterocycles. The molecule has 0 radical (unpaired) electrons. The van der Waals surface area contributed by atoms with Gasteiger partial charge in [0.1, 0.15) is 23.0 Å². The highest BCUT2D eigenvalue weighted by Crippen LogP contribution is 2.42. The van der Waals surface area contributed by atoms with Crippen molar-refractivity contribution in [2.24, 2.45) is 0 Å². The Morgan fingerprint density at radius 2 is 0.652 bits per heavy atom. The van der Waals surface area contributed by atoms with E-state index in [4.69, 9.17) is 0 Å². The van der Waals surface area contributed by atoms with Crippen LogP contribution in [0.1, 0.15) is 97.2 Å². The molecule has 10 nitrogen and oxygen atoms in total. The van der Waals surface area contributed by atoms with Crippen molar-refractivity contribution in [3.8, 4) is 23.0 Å². The fourth-order valence-electron chi connectivity index (χ4n) is 5.98. The Bertz CT molecular complexity index is 1680. The van der Waals surface area contributed by atoms with Crippen molar-refractivity contribution < 1.29 is 30.3 Å². The smallest absolute Gasteiger partial charge is 0.270 e. The van der Waals surface area contributed by atoms with Gasteiger partial charge in [-0.25, -0.2) is 0 Å². The Labute approximate surface area is 266 Å². The Kier molecular flexibility index (Phi) is 7.96. The van der Waals surface area contributed by atoms with E-state index in [1.54, 1.807) is 24.3 Å². The summed E-state index contributed by atoms with van der Waals surface area (Å²) in [6.07, 6.45) is -0.243. The molecule has 4 N–H and O–H groups in total. The summed E-state index contributed by atoms with van der Waals surface area (Å²) in [5, 5.41) is 70.1. The lowest BCUT2D eigenvalue weighted by atomic mass is 9.81. The van der Waals surface area contributed by atoms with Crippen LogP contribution in [0, 0.1) is 20.2 Å². The van der Waals surface area contributed by atoms with Gasteiger partial charge >= 0.3 is 0 Å². The number of rotatable bonds is 2. The van der Waals surface area contributed by atoms with E-state index < -0.39 is 20.7 Å². The van der Waals surface area contributed by atoms with Crippen LogP contribution >= 0.6 is 0 Å². The van der Waals surface area contributed by atoms with Crippen LogP contribution in [0.5, 0.6) is 23.0 Å². The van der Waals surface area contributed by atoms with Crippen molar-refractivity contribution in [3.63, 3.8) is 0 Å². The molecule has 4 aromatic rings. The van der Waals surface area contributed by atoms with E-state index in [9.17, 15) is 40.7 Å². The van der Waals surface area contributed by atoms with Gasteiger partial charge in [0.15, 0.2) is 0 Å². The standard InChI is InChI=1S/C36H38N2O8/c1-35(2,3)27-11-19-7-23-15-29(37(43)44)17-25(33(23)41)9-21-13-28(36(4,5)6)14-22(32(21)40)10-26-18-30(38(45)46)16-24(34(26)42)8-20(12-27)31(19)39/h11-18,39-42H,7-10H2,1-6H3. The van der Waals surface area contributed by atoms with Gasteiger partial charge in [-0.1, -0.05) is 65.8 Å². The molecule has 10 heteroatoms. The highest BCUT2D eigenvalue weighted by molar-refractivity contribution is 5.60. The number of nitro benzene ring substituents is 2. The molecule has 0 atom stereocenters. The van der Waals surface area contributed by atoms with Crippen LogP contribution in [-0.2, 0) is 36.5 Å². The van der Waals surface area contributed by atoms with Crippen LogP contribution in [0.15, 0.2) is 48.5 Å². The summed E-state index contributed by atoms with van der Waals surface area (Å²) in [5.74, 6) is -0.642. The van der Waals surface area contributed by atoms with Crippen LogP contribution in [0.4, 0.5) is 11.4 Å². The lowest BCUT2D eigenvalue weighted by molar-refractivity contribution is -0.385. The van der Waals surface area contributed by atoms with E-state index in [1.807, 2.05) is 41.5 Å². The second kappa shape index (κ2) is 11.3. The normalized spacial score (nSPS) is 13.3. The summed E-state index contributed by atoms with van der Waals surface area (Å²) in [7, 11) is 0. The number of hydrogen-bond donors (Lipinski definition) is 4. The van der Waals surface area contributed by atoms with Gasteiger partial charge in [0.25, 0.3) is 11.4 Å². The molecule has 1 aliphatic carbocycles. The van der Waals surface area contributed by atoms with Gasteiger partial charge in [-0.05, 0) is 44.2 Å². The number of hydrogen-bond acceptors (Lipinski definition) is 8. The summed E-state index contributed by atoms with van der Waals surface area (Å²) in [6.45, 7) is 11.9. The zero-order chi connectivity index (χ0) is 33.9. The molecular weight excluding hydrogens is 588 g/mol. The van der Waals surface area contributed by atoms with Crippen molar-refractivity contribution >= 4 is 11.4 Å². The molecule has 0 unspecified atom stereocenters. The largest absolute Gasteiger partial charge is 0.507 e. The number of nitro groups is 2. The summed E-state index contributed by atoms with van der Waals surface area (Å²) < 4.78 is 0. The third-order valence-electron chi connectivity index (χ3n) is 8.72. The predicted octanol–water partition coefficient (Wildman–Crippen LogP) is 7.60. The summed E-state index contributed by atoms with van der Waals surface area (Å²) in [5.41, 5.74) is 2.80. The zero-order valence-electron chi connectivity index (χ0n) is 26.8. The number of phenolic OH excluding ortho intramolecular Hbond substituents is 4. The molecule has 0 amide bonds. The van der Waals surface area contributed by atoms with Gasteiger partial charge in [-0.3, -0.25) is 20.2 Å². The minimum atomic E-state index is -0.541. The molecule has 0 saturated heterocycles. The quantitative estimate of drug-likeness (QED) is 0.115. The van der Waals surface area contributed by atoms with Crippen LogP contribution in [0.3, 0.4) is 0 Å². The van der Waals surface area contributed by atoms with E-state index in [0.29, 0.717) is 22.3 Å². The molecule has 0 spiro atoms. The van der Waals surface area contributed by atoms with Crippen molar-refractivity contribution in [3.05, 3.63) is 124 Å². The highest BCUT2D eigenvalue weighted by Gasteiger charge is 2.27. The SMILES string of the molecule is CC(C)(C)c1cc2c(O)c(c1)Cc1cc([N+](=O)[O-])cc(c1O)Cc1cc(C(C)(C)C)cc(c1O)Cc1cc([N+](=O)[O-])cc(c1O)C2. The minimum Gasteiger partial charge on any atom is -0.507 e. The summed E-state index contributed by atoms with van der Waals surface area (Å²) in [4.78, 5) is 23.0. The van der Waals surface area contributed by atoms with Gasteiger partial charge in [0, 0.05) is 72.2 Å². The van der Waals surface area contributed by atoms with Gasteiger partial charge in [0.2, 0.25) is 0 Å². The maximum atomic E-state index is 12.0. The molecule has 46 heavy (non-hydrogen) atoms. The molecule has 1 aliphatic rings. The third kappa shape index (κ3) is 6.20. The molecule has 8 bridgehead atoms. The summed E-state index contributed by atoms with van der Waals surface area (Å²) >= 11 is 0. The average Bonchev–Trinajstić information content (AvgIpc) is 2.94. The topological polar surface area (TPSA) is 167 Å². The number of benzene rings is 4. The average molecular weight is 627 g/mol. The highest BCUT2D eigenvalue weighted by atomic mass is 16.6. The first kappa shape index (κ1) is 32.3. The predicted molar refractivity (Wildman–Crippen MR) is 174 cm³/mol. The van der Waals surface area contributed by atoms with Gasteiger partial charge < -0.3 is 20.4 Å². The van der Waals surface area contributed by atoms with Gasteiger partial charge in [0.05, 0.1) is 9.85 Å². The van der Waals surface area contributed by atoms with Crippen molar-refractivity contribution in [1.29, 1.82) is 0 Å². The lowest BCUT2D eigenvalue weighted by Crippen LogP contribution is -2.13. The van der Waals surface area contributed by atoms with Crippen LogP contribution in [0.25, 0.3) is 0 Å². The van der Waals surface area contributed by atoms with Gasteiger partial charge in [-0.2, -0.15) is 0 Å². The maximum Gasteiger partial charge on any atom is 0.270 e. The molecular formula is C36H38N2O8. The molecule has 5 rings (SSSR count). The van der Waals surface area contributed by atoms with E-state index in [-0.39, 0.29) is 82.3 Å². The number of phenols is 4. The van der Waals surface area contributed by atoms with Crippen molar-refractivity contribution in [2.45, 2.75) is 78.1 Å². The van der Waals surface area contributed by atoms with Crippen LogP contribution < -0.4 is 0 Å². The lowest BCUT2D eigenvalue weighted by Gasteiger charge is -2.24. The van der Waals surface area contributed by atoms with E-state index >= 15 is 0 Å². The van der Waals surface area contributed by atoms with Crippen molar-refractivity contribution in [1.82, 2.24) is 0 Å². The first-order valence-electron chi connectivity index (χ1n) is 15.0. The Balaban J connectivity index is 1.88. The fraction of sp³-hybridized carbons (Fsp3) is 0.333. The van der Waals surface area contributed by atoms with Crippen molar-refractivity contribution in [2.75, 3.05) is 0 Å². The number of fused-ring (bicyclic) bond motifs is 8. The van der Waals surface area contributed by atoms with E-state index in [2.05, 4.69) is 0 Å². The number of nitrogens with zero attached hydrogens (tertiary/aromatic N) is 2. The Hall–Kier alpha value is -5.12. The Morgan fingerprint density at radius 3 is 0.826 bits per heavy atom. The molecule has 0 aliphatic heterocycles. The molecule has 0 aromatic heterocycles. The number of aromatic hydroxyl groups is 4. The molecule has 240 valence electrons. The second-order valence-electron chi connectivity index (χ2n) is 14.2. The number of non-ortho nitro benzene ring substituents is 2. The Morgan fingerprint density at radius 1 is 0.457 bits per heavy atom. The molecule has 0 saturated carbocycles. The molecule has 0 fully saturated rings. The monoisotopic (exact) mass is 626 g/mol. The first-order chi connectivity index (χ1) is 21.3. The maximum absolute atomic E-state index is 12.0. The zero-order valence-corrected chi connectivity index (χ0v) is 26.8. The minimum absolute atomic E-state index is 0.0608. The first-order valence-corrected chi connectivity index (χ1v) is 15.0.